The van der Waals surface area contributed by atoms with Crippen molar-refractivity contribution in [2.45, 2.75) is 143 Å². The standard InChI is InChI=1S/C26H30N2O4S.C21H26N2O5.C3H7NS.C3H8/c1-14-12-27-25(33-14)28-22(31)8-7-20-21(13-29)24(32)26(2)10-9-18-17-6-4-16(30)11-15(17)3-5-19(18)23(20)26;1-21-9-8-12-13(20(21)11(10-17(21)25)2-7-18(22)26)3-4-14-16(24)6-5-15(19(12)14)23(27)28;1-3(5)2-4;1-3-2/h4,6,11-13,18-20,23,29-30H,3,5,7-10H2,1-2H3,(H,27,28,31);5-6,11-13,20,24H,2-4,7-10H2,1H3,(H2,22,26);2,5H,4H2,1H3;3H2,1-2H3/b21-13-;;3-2-;. The van der Waals surface area contributed by atoms with E-state index in [1.807, 2.05) is 32.9 Å². The predicted octanol–water partition coefficient (Wildman–Crippen LogP) is 10.6. The molecule has 6 aliphatic carbocycles. The third-order valence-electron chi connectivity index (χ3n) is 16.2. The zero-order chi connectivity index (χ0) is 50.5. The van der Waals surface area contributed by atoms with Gasteiger partial charge in [0.25, 0.3) is 5.69 Å². The molecule has 6 aliphatic rings. The monoisotopic (exact) mass is 985 g/mol. The molecular weight excluding hydrogens is 915 g/mol. The van der Waals surface area contributed by atoms with Gasteiger partial charge in [0.1, 0.15) is 17.3 Å². The number of aliphatic hydroxyl groups is 1. The van der Waals surface area contributed by atoms with Crippen LogP contribution in [0.3, 0.4) is 0 Å². The molecule has 0 bridgehead atoms. The minimum Gasteiger partial charge on any atom is -0.515 e. The first-order chi connectivity index (χ1) is 32.7. The normalized spacial score (nSPS) is 30.0. The summed E-state index contributed by atoms with van der Waals surface area (Å²) in [5.74, 6) is 1.19. The number of aromatic hydroxyl groups is 2. The van der Waals surface area contributed by atoms with Gasteiger partial charge in [-0.25, -0.2) is 4.98 Å². The number of hydrogen-bond donors (Lipinski definition) is 7. The Hall–Kier alpha value is -5.22. The number of benzene rings is 2. The van der Waals surface area contributed by atoms with E-state index in [4.69, 9.17) is 11.5 Å². The summed E-state index contributed by atoms with van der Waals surface area (Å²) in [5, 5.41) is 45.4. The van der Waals surface area contributed by atoms with Gasteiger partial charge in [-0.05, 0) is 160 Å². The van der Waals surface area contributed by atoms with E-state index >= 15 is 0 Å². The fourth-order valence-corrected chi connectivity index (χ4v) is 14.1. The average Bonchev–Trinajstić information content (AvgIpc) is 3.91. The van der Waals surface area contributed by atoms with Crippen LogP contribution >= 0.6 is 24.0 Å². The first-order valence-corrected chi connectivity index (χ1v) is 25.8. The van der Waals surface area contributed by atoms with Crippen molar-refractivity contribution in [2.75, 3.05) is 5.32 Å². The average molecular weight is 986 g/mol. The number of phenols is 2. The summed E-state index contributed by atoms with van der Waals surface area (Å²) in [6.07, 6.45) is 13.9. The third-order valence-corrected chi connectivity index (χ3v) is 17.1. The predicted molar refractivity (Wildman–Crippen MR) is 272 cm³/mol. The van der Waals surface area contributed by atoms with Gasteiger partial charge in [-0.3, -0.25) is 29.3 Å². The molecule has 9 rings (SSSR count). The molecule has 3 aromatic rings. The maximum absolute atomic E-state index is 13.4. The number of thiazole rings is 1. The fourth-order valence-electron chi connectivity index (χ4n) is 13.4. The lowest BCUT2D eigenvalue weighted by Crippen LogP contribution is -2.44. The number of aryl methyl sites for hydroxylation is 2. The molecule has 8 N–H and O–H groups in total. The number of rotatable bonds is 8. The number of carbonyl (C=O) groups is 4. The van der Waals surface area contributed by atoms with Gasteiger partial charge >= 0.3 is 0 Å². The van der Waals surface area contributed by atoms with E-state index in [2.05, 4.69) is 43.7 Å². The number of nitrogens with one attached hydrogen (secondary N) is 1. The van der Waals surface area contributed by atoms with Crippen molar-refractivity contribution in [3.8, 4) is 11.5 Å². The number of hydrogen-bond acceptors (Lipinski definition) is 13. The van der Waals surface area contributed by atoms with Gasteiger partial charge in [-0.1, -0.05) is 40.2 Å². The van der Waals surface area contributed by atoms with Crippen LogP contribution in [0, 0.1) is 63.4 Å². The van der Waals surface area contributed by atoms with Crippen LogP contribution in [0.5, 0.6) is 11.5 Å². The summed E-state index contributed by atoms with van der Waals surface area (Å²) in [6.45, 7) is 12.1. The van der Waals surface area contributed by atoms with E-state index in [1.54, 1.807) is 12.3 Å². The number of Topliss-reactive ketones (excluding diaryl/α,β-unsaturated/α-hetero) is 2. The van der Waals surface area contributed by atoms with Crippen LogP contribution in [0.2, 0.25) is 0 Å². The van der Waals surface area contributed by atoms with Crippen molar-refractivity contribution >= 4 is 58.2 Å². The van der Waals surface area contributed by atoms with Crippen LogP contribution in [0.4, 0.5) is 10.8 Å². The van der Waals surface area contributed by atoms with Gasteiger partial charge in [0, 0.05) is 70.1 Å². The van der Waals surface area contributed by atoms with Crippen LogP contribution in [-0.4, -0.2) is 48.6 Å². The van der Waals surface area contributed by atoms with Crippen LogP contribution < -0.4 is 16.8 Å². The molecule has 1 heterocycles. The van der Waals surface area contributed by atoms with Crippen molar-refractivity contribution in [1.82, 2.24) is 4.98 Å². The van der Waals surface area contributed by atoms with Gasteiger partial charge < -0.3 is 32.1 Å². The van der Waals surface area contributed by atoms with Gasteiger partial charge in [-0.2, -0.15) is 0 Å². The molecule has 374 valence electrons. The van der Waals surface area contributed by atoms with Crippen molar-refractivity contribution in [2.24, 2.45) is 57.8 Å². The Labute approximate surface area is 415 Å². The van der Waals surface area contributed by atoms with E-state index in [0.29, 0.717) is 77.9 Å². The summed E-state index contributed by atoms with van der Waals surface area (Å²) in [5.41, 5.74) is 13.8. The summed E-state index contributed by atoms with van der Waals surface area (Å²) in [7, 11) is 0. The highest BCUT2D eigenvalue weighted by atomic mass is 32.1. The van der Waals surface area contributed by atoms with E-state index in [1.165, 1.54) is 47.2 Å². The molecule has 1 aromatic heterocycles. The van der Waals surface area contributed by atoms with Gasteiger partial charge in [0.15, 0.2) is 10.9 Å². The fraction of sp³-hybridized carbons (Fsp3) is 0.566. The van der Waals surface area contributed by atoms with E-state index in [0.717, 1.165) is 48.1 Å². The number of primary amides is 1. The largest absolute Gasteiger partial charge is 0.515 e. The number of carbonyl (C=O) groups excluding carboxylic acids is 4. The van der Waals surface area contributed by atoms with Crippen LogP contribution in [0.15, 0.2) is 59.5 Å². The topological polar surface area (TPSA) is 249 Å². The molecule has 4 fully saturated rings. The molecule has 2 aromatic carbocycles. The molecule has 0 saturated heterocycles. The number of phenolic OH excluding ortho intramolecular Hbond substituents is 2. The van der Waals surface area contributed by atoms with Crippen molar-refractivity contribution in [3.63, 3.8) is 0 Å². The summed E-state index contributed by atoms with van der Waals surface area (Å²) in [4.78, 5) is 67.6. The zero-order valence-electron chi connectivity index (χ0n) is 40.8. The van der Waals surface area contributed by atoms with Crippen molar-refractivity contribution in [3.05, 3.63) is 96.7 Å². The number of amides is 2. The molecule has 0 spiro atoms. The second kappa shape index (κ2) is 22.2. The van der Waals surface area contributed by atoms with Gasteiger partial charge in [0.05, 0.1) is 11.2 Å². The van der Waals surface area contributed by atoms with Crippen LogP contribution in [0.25, 0.3) is 0 Å². The third kappa shape index (κ3) is 10.9. The molecule has 0 aliphatic heterocycles. The Kier molecular flexibility index (Phi) is 17.1. The first kappa shape index (κ1) is 53.1. The number of anilines is 1. The molecule has 0 radical (unpaired) electrons. The number of allylic oxidation sites excluding steroid dienone is 2. The number of fused-ring (bicyclic) bond motifs is 10. The Morgan fingerprint density at radius 3 is 2.26 bits per heavy atom. The van der Waals surface area contributed by atoms with E-state index < -0.39 is 10.8 Å². The molecule has 69 heavy (non-hydrogen) atoms. The zero-order valence-corrected chi connectivity index (χ0v) is 42.5. The molecule has 10 unspecified atom stereocenters. The van der Waals surface area contributed by atoms with Crippen molar-refractivity contribution in [1.29, 1.82) is 0 Å². The maximum Gasteiger partial charge on any atom is 0.273 e. The highest BCUT2D eigenvalue weighted by Gasteiger charge is 2.61. The van der Waals surface area contributed by atoms with Crippen molar-refractivity contribution < 1.29 is 39.4 Å². The lowest BCUT2D eigenvalue weighted by molar-refractivity contribution is -0.386. The number of nitrogens with zero attached hydrogens (tertiary/aromatic N) is 2. The summed E-state index contributed by atoms with van der Waals surface area (Å²) >= 11 is 5.27. The first-order valence-electron chi connectivity index (χ1n) is 24.6. The number of aliphatic hydroxyl groups excluding tert-OH is 1. The minimum absolute atomic E-state index is 0.0312. The lowest BCUT2D eigenvalue weighted by Gasteiger charge is -2.49. The van der Waals surface area contributed by atoms with Crippen LogP contribution in [-0.2, 0) is 32.0 Å². The number of aromatic nitrogens is 1. The van der Waals surface area contributed by atoms with Gasteiger partial charge in [-0.15, -0.1) is 24.0 Å². The Morgan fingerprint density at radius 1 is 0.986 bits per heavy atom. The molecule has 10 atom stereocenters. The SMILES string of the molecule is C/C(S)=C/N.CC12CCC3c4c([N+](=O)[O-])ccc(O)c4CCC3C1C(CCC(N)=O)CC2=O.CCC.Cc1cnc(NC(=O)CCC2/C(=C/O)C(=O)C3(C)CCC4c5ccc(O)cc5CCC4C23)s1. The Bertz CT molecular complexity index is 2480. The molecular formula is C53H71N5O9S2. The highest BCUT2D eigenvalue weighted by Crippen LogP contribution is 2.65. The number of nitrogens with two attached hydrogens (primary N) is 2. The summed E-state index contributed by atoms with van der Waals surface area (Å²) in [6, 6.07) is 8.49. The number of ketones is 2. The van der Waals surface area contributed by atoms with E-state index in [9.17, 15) is 44.6 Å². The lowest BCUT2D eigenvalue weighted by atomic mass is 9.53. The Balaban J connectivity index is 0.000000198. The quantitative estimate of drug-likeness (QED) is 0.0368. The molecule has 14 nitrogen and oxygen atoms in total. The molecule has 2 amide bonds. The number of nitro benzene ring substituents is 1. The van der Waals surface area contributed by atoms with Crippen LogP contribution in [0.1, 0.15) is 151 Å². The molecule has 4 saturated carbocycles. The molecule has 16 heteroatoms. The summed E-state index contributed by atoms with van der Waals surface area (Å²) < 4.78 is 0. The second-order valence-electron chi connectivity index (χ2n) is 20.5. The maximum atomic E-state index is 13.4. The minimum atomic E-state index is -0.502. The van der Waals surface area contributed by atoms with E-state index in [-0.39, 0.29) is 88.1 Å². The number of nitro groups is 1. The Morgan fingerprint density at radius 2 is 1.64 bits per heavy atom. The smallest absolute Gasteiger partial charge is 0.273 e. The number of thiol groups is 1. The van der Waals surface area contributed by atoms with Gasteiger partial charge in [0.2, 0.25) is 11.8 Å². The highest BCUT2D eigenvalue weighted by molar-refractivity contribution is 7.84. The second-order valence-corrected chi connectivity index (χ2v) is 22.4.